The van der Waals surface area contributed by atoms with Crippen molar-refractivity contribution in [2.24, 2.45) is 0 Å². The zero-order chi connectivity index (χ0) is 12.0. The van der Waals surface area contributed by atoms with Gasteiger partial charge in [0.2, 0.25) is 0 Å². The Morgan fingerprint density at radius 2 is 2.06 bits per heavy atom. The number of aromatic nitrogens is 2. The van der Waals surface area contributed by atoms with Crippen molar-refractivity contribution < 1.29 is 4.39 Å². The van der Waals surface area contributed by atoms with E-state index in [0.29, 0.717) is 11.5 Å². The summed E-state index contributed by atoms with van der Waals surface area (Å²) in [5.41, 5.74) is 8.38. The molecule has 1 heterocycles. The molecule has 0 amide bonds. The predicted molar refractivity (Wildman–Crippen MR) is 63.1 cm³/mol. The quantitative estimate of drug-likeness (QED) is 0.815. The van der Waals surface area contributed by atoms with E-state index in [4.69, 9.17) is 5.73 Å². The molecule has 0 spiro atoms. The molecule has 0 fully saturated rings. The molecule has 0 radical (unpaired) electrons. The van der Waals surface area contributed by atoms with Crippen molar-refractivity contribution in [1.82, 2.24) is 9.97 Å². The third-order valence-corrected chi connectivity index (χ3v) is 3.23. The molecule has 2 N–H and O–H groups in total. The maximum absolute atomic E-state index is 13.3. The summed E-state index contributed by atoms with van der Waals surface area (Å²) in [5.74, 6) is 0.214. The van der Waals surface area contributed by atoms with Crippen molar-refractivity contribution >= 4 is 5.82 Å². The van der Waals surface area contributed by atoms with E-state index in [1.807, 2.05) is 12.1 Å². The van der Waals surface area contributed by atoms with Crippen LogP contribution in [0.5, 0.6) is 0 Å². The molecule has 4 heteroatoms. The lowest BCUT2D eigenvalue weighted by atomic mass is 9.77. The Hall–Kier alpha value is -1.97. The van der Waals surface area contributed by atoms with Gasteiger partial charge in [-0.15, -0.1) is 0 Å². The SMILES string of the molecule is Cc1nc(C2Cc3ccccc32)nc(N)c1F. The molecular formula is C13H12FN3. The molecule has 0 aliphatic heterocycles. The topological polar surface area (TPSA) is 51.8 Å². The first-order valence-corrected chi connectivity index (χ1v) is 5.54. The van der Waals surface area contributed by atoms with Crippen molar-refractivity contribution in [3.63, 3.8) is 0 Å². The number of hydrogen-bond donors (Lipinski definition) is 1. The number of hydrogen-bond acceptors (Lipinski definition) is 3. The fraction of sp³-hybridized carbons (Fsp3) is 0.231. The number of rotatable bonds is 1. The zero-order valence-electron chi connectivity index (χ0n) is 9.44. The number of nitrogens with two attached hydrogens (primary N) is 1. The van der Waals surface area contributed by atoms with E-state index in [-0.39, 0.29) is 11.7 Å². The van der Waals surface area contributed by atoms with Crippen LogP contribution < -0.4 is 5.73 Å². The minimum absolute atomic E-state index is 0.0584. The Labute approximate surface area is 98.5 Å². The van der Waals surface area contributed by atoms with Crippen molar-refractivity contribution in [2.45, 2.75) is 19.3 Å². The summed E-state index contributed by atoms with van der Waals surface area (Å²) in [5, 5.41) is 0. The molecule has 0 saturated carbocycles. The fourth-order valence-corrected chi connectivity index (χ4v) is 2.25. The van der Waals surface area contributed by atoms with Gasteiger partial charge in [-0.1, -0.05) is 24.3 Å². The van der Waals surface area contributed by atoms with Gasteiger partial charge in [-0.05, 0) is 24.5 Å². The van der Waals surface area contributed by atoms with Crippen LogP contribution in [0.2, 0.25) is 0 Å². The van der Waals surface area contributed by atoms with Gasteiger partial charge in [0.1, 0.15) is 5.82 Å². The first-order valence-electron chi connectivity index (χ1n) is 5.54. The summed E-state index contributed by atoms with van der Waals surface area (Å²) in [6, 6.07) is 8.15. The van der Waals surface area contributed by atoms with E-state index in [1.54, 1.807) is 6.92 Å². The van der Waals surface area contributed by atoms with E-state index in [0.717, 1.165) is 6.42 Å². The summed E-state index contributed by atoms with van der Waals surface area (Å²) in [4.78, 5) is 8.23. The molecule has 1 aliphatic rings. The highest BCUT2D eigenvalue weighted by molar-refractivity contribution is 5.45. The number of anilines is 1. The average molecular weight is 229 g/mol. The van der Waals surface area contributed by atoms with Crippen LogP contribution >= 0.6 is 0 Å². The summed E-state index contributed by atoms with van der Waals surface area (Å²) in [7, 11) is 0. The van der Waals surface area contributed by atoms with Crippen LogP contribution in [-0.2, 0) is 6.42 Å². The Bertz CT molecular complexity index is 572. The molecule has 2 aromatic rings. The van der Waals surface area contributed by atoms with Gasteiger partial charge < -0.3 is 5.73 Å². The van der Waals surface area contributed by atoms with Crippen LogP contribution in [0.3, 0.4) is 0 Å². The van der Waals surface area contributed by atoms with Gasteiger partial charge in [-0.2, -0.15) is 0 Å². The minimum atomic E-state index is -0.513. The van der Waals surface area contributed by atoms with Crippen LogP contribution in [0, 0.1) is 12.7 Å². The smallest absolute Gasteiger partial charge is 0.186 e. The van der Waals surface area contributed by atoms with Gasteiger partial charge in [0.05, 0.1) is 5.69 Å². The van der Waals surface area contributed by atoms with Gasteiger partial charge in [-0.25, -0.2) is 14.4 Å². The average Bonchev–Trinajstić information content (AvgIpc) is 2.27. The van der Waals surface area contributed by atoms with Crippen LogP contribution in [0.15, 0.2) is 24.3 Å². The third-order valence-electron chi connectivity index (χ3n) is 3.23. The second-order valence-electron chi connectivity index (χ2n) is 4.32. The number of aryl methyl sites for hydroxylation is 1. The summed E-state index contributed by atoms with van der Waals surface area (Å²) in [6.07, 6.45) is 0.903. The Kier molecular flexibility index (Phi) is 2.11. The zero-order valence-corrected chi connectivity index (χ0v) is 9.44. The highest BCUT2D eigenvalue weighted by Gasteiger charge is 2.30. The van der Waals surface area contributed by atoms with Gasteiger partial charge in [0.25, 0.3) is 0 Å². The van der Waals surface area contributed by atoms with Gasteiger partial charge >= 0.3 is 0 Å². The van der Waals surface area contributed by atoms with Gasteiger partial charge in [0.15, 0.2) is 11.6 Å². The summed E-state index contributed by atoms with van der Waals surface area (Å²) >= 11 is 0. The molecule has 1 atom stereocenters. The van der Waals surface area contributed by atoms with Crippen LogP contribution in [0.25, 0.3) is 0 Å². The minimum Gasteiger partial charge on any atom is -0.381 e. The first-order chi connectivity index (χ1) is 8.16. The molecule has 86 valence electrons. The van der Waals surface area contributed by atoms with Crippen LogP contribution in [0.1, 0.15) is 28.6 Å². The van der Waals surface area contributed by atoms with Crippen molar-refractivity contribution in [2.75, 3.05) is 5.73 Å². The molecule has 1 aromatic heterocycles. The number of halogens is 1. The highest BCUT2D eigenvalue weighted by Crippen LogP contribution is 2.38. The lowest BCUT2D eigenvalue weighted by Gasteiger charge is -2.29. The number of nitrogens with zero attached hydrogens (tertiary/aromatic N) is 2. The van der Waals surface area contributed by atoms with Gasteiger partial charge in [0, 0.05) is 5.92 Å². The molecule has 3 rings (SSSR count). The fourth-order valence-electron chi connectivity index (χ4n) is 2.25. The second kappa shape index (κ2) is 3.52. The normalized spacial score (nSPS) is 17.4. The Balaban J connectivity index is 2.03. The largest absolute Gasteiger partial charge is 0.381 e. The lowest BCUT2D eigenvalue weighted by Crippen LogP contribution is -2.21. The van der Waals surface area contributed by atoms with E-state index >= 15 is 0 Å². The molecule has 3 nitrogen and oxygen atoms in total. The maximum atomic E-state index is 13.3. The standard InChI is InChI=1S/C13H12FN3/c1-7-11(14)12(15)17-13(16-7)10-6-8-4-2-3-5-9(8)10/h2-5,10H,6H2,1H3,(H2,15,16,17). The second-order valence-corrected chi connectivity index (χ2v) is 4.32. The molecule has 1 aliphatic carbocycles. The van der Waals surface area contributed by atoms with Crippen molar-refractivity contribution in [3.8, 4) is 0 Å². The van der Waals surface area contributed by atoms with Crippen LogP contribution in [-0.4, -0.2) is 9.97 Å². The van der Waals surface area contributed by atoms with Gasteiger partial charge in [-0.3, -0.25) is 0 Å². The van der Waals surface area contributed by atoms with Crippen molar-refractivity contribution in [1.29, 1.82) is 0 Å². The number of benzene rings is 1. The summed E-state index contributed by atoms with van der Waals surface area (Å²) < 4.78 is 13.3. The van der Waals surface area contributed by atoms with E-state index in [1.165, 1.54) is 11.1 Å². The number of fused-ring (bicyclic) bond motifs is 1. The predicted octanol–water partition coefficient (Wildman–Crippen LogP) is 2.19. The molecular weight excluding hydrogens is 217 g/mol. The monoisotopic (exact) mass is 229 g/mol. The highest BCUT2D eigenvalue weighted by atomic mass is 19.1. The summed E-state index contributed by atoms with van der Waals surface area (Å²) in [6.45, 7) is 1.61. The Morgan fingerprint density at radius 1 is 1.29 bits per heavy atom. The van der Waals surface area contributed by atoms with E-state index in [9.17, 15) is 4.39 Å². The third kappa shape index (κ3) is 1.48. The molecule has 1 aromatic carbocycles. The maximum Gasteiger partial charge on any atom is 0.186 e. The van der Waals surface area contributed by atoms with Crippen LogP contribution in [0.4, 0.5) is 10.2 Å². The molecule has 1 unspecified atom stereocenters. The first kappa shape index (κ1) is 10.2. The Morgan fingerprint density at radius 3 is 2.76 bits per heavy atom. The molecule has 17 heavy (non-hydrogen) atoms. The lowest BCUT2D eigenvalue weighted by molar-refractivity contribution is 0.587. The van der Waals surface area contributed by atoms with E-state index < -0.39 is 5.82 Å². The van der Waals surface area contributed by atoms with E-state index in [2.05, 4.69) is 22.1 Å². The molecule has 0 bridgehead atoms. The number of nitrogen functional groups attached to an aromatic ring is 1. The van der Waals surface area contributed by atoms with Crippen molar-refractivity contribution in [3.05, 3.63) is 52.7 Å². The molecule has 0 saturated heterocycles.